The second kappa shape index (κ2) is 5.29. The van der Waals surface area contributed by atoms with Gasteiger partial charge in [0.15, 0.2) is 16.0 Å². The van der Waals surface area contributed by atoms with Crippen LogP contribution in [-0.4, -0.2) is 26.5 Å². The third-order valence-corrected chi connectivity index (χ3v) is 3.05. The molecule has 8 heteroatoms. The van der Waals surface area contributed by atoms with Crippen LogP contribution in [-0.2, 0) is 9.84 Å². The van der Waals surface area contributed by atoms with E-state index in [0.717, 1.165) is 6.26 Å². The smallest absolute Gasteiger partial charge is 0.258 e. The minimum atomic E-state index is -3.40. The molecule has 1 aromatic carbocycles. The summed E-state index contributed by atoms with van der Waals surface area (Å²) in [6.07, 6.45) is 2.51. The van der Waals surface area contributed by atoms with Gasteiger partial charge in [-0.05, 0) is 18.2 Å². The summed E-state index contributed by atoms with van der Waals surface area (Å²) in [5.41, 5.74) is 0.0856. The predicted molar refractivity (Wildman–Crippen MR) is 63.5 cm³/mol. The summed E-state index contributed by atoms with van der Waals surface area (Å²) in [6.45, 7) is 0. The lowest BCUT2D eigenvalue weighted by molar-refractivity contribution is 0.0976. The molecule has 0 unspecified atom stereocenters. The number of rotatable bonds is 2. The number of sulfone groups is 1. The summed E-state index contributed by atoms with van der Waals surface area (Å²) in [6, 6.07) is 5.39. The van der Waals surface area contributed by atoms with Crippen molar-refractivity contribution in [2.45, 2.75) is 4.90 Å². The SMILES string of the molecule is CS(=O)(=O)c1cccc(C(=O)NC(=N)NC#N)c1. The number of hydrogen-bond donors (Lipinski definition) is 3. The van der Waals surface area contributed by atoms with E-state index in [1.165, 1.54) is 30.5 Å². The van der Waals surface area contributed by atoms with Crippen molar-refractivity contribution in [2.24, 2.45) is 0 Å². The zero-order chi connectivity index (χ0) is 13.8. The highest BCUT2D eigenvalue weighted by molar-refractivity contribution is 7.90. The molecule has 0 heterocycles. The highest BCUT2D eigenvalue weighted by Gasteiger charge is 2.12. The molecule has 7 nitrogen and oxygen atoms in total. The van der Waals surface area contributed by atoms with Gasteiger partial charge in [0.25, 0.3) is 5.91 Å². The minimum absolute atomic E-state index is 0.00919. The molecule has 0 fully saturated rings. The molecule has 0 spiro atoms. The maximum Gasteiger partial charge on any atom is 0.258 e. The largest absolute Gasteiger partial charge is 0.292 e. The first kappa shape index (κ1) is 13.7. The second-order valence-corrected chi connectivity index (χ2v) is 5.38. The number of guanidine groups is 1. The van der Waals surface area contributed by atoms with Gasteiger partial charge in [0.1, 0.15) is 0 Å². The predicted octanol–water partition coefficient (Wildman–Crippen LogP) is -0.175. The van der Waals surface area contributed by atoms with Gasteiger partial charge in [-0.15, -0.1) is 0 Å². The van der Waals surface area contributed by atoms with Gasteiger partial charge in [-0.3, -0.25) is 20.8 Å². The molecule has 0 aliphatic heterocycles. The number of nitrogens with zero attached hydrogens (tertiary/aromatic N) is 1. The lowest BCUT2D eigenvalue weighted by atomic mass is 10.2. The summed E-state index contributed by atoms with van der Waals surface area (Å²) >= 11 is 0. The summed E-state index contributed by atoms with van der Waals surface area (Å²) in [4.78, 5) is 11.6. The Hall–Kier alpha value is -2.40. The van der Waals surface area contributed by atoms with Crippen molar-refractivity contribution < 1.29 is 13.2 Å². The number of benzene rings is 1. The number of nitrogens with one attached hydrogen (secondary N) is 3. The molecule has 1 rings (SSSR count). The Bertz CT molecular complexity index is 631. The van der Waals surface area contributed by atoms with E-state index in [4.69, 9.17) is 10.7 Å². The van der Waals surface area contributed by atoms with Gasteiger partial charge in [-0.1, -0.05) is 6.07 Å². The zero-order valence-electron chi connectivity index (χ0n) is 9.39. The molecular weight excluding hydrogens is 256 g/mol. The number of hydrogen-bond acceptors (Lipinski definition) is 5. The average molecular weight is 266 g/mol. The maximum absolute atomic E-state index is 11.6. The van der Waals surface area contributed by atoms with Gasteiger partial charge < -0.3 is 0 Å². The van der Waals surface area contributed by atoms with Crippen LogP contribution in [0.15, 0.2) is 29.2 Å². The molecule has 18 heavy (non-hydrogen) atoms. The van der Waals surface area contributed by atoms with Crippen LogP contribution in [0.5, 0.6) is 0 Å². The van der Waals surface area contributed by atoms with Gasteiger partial charge >= 0.3 is 0 Å². The van der Waals surface area contributed by atoms with Gasteiger partial charge in [0, 0.05) is 11.8 Å². The molecule has 0 saturated carbocycles. The lowest BCUT2D eigenvalue weighted by Crippen LogP contribution is -2.37. The molecule has 3 N–H and O–H groups in total. The Morgan fingerprint density at radius 3 is 2.67 bits per heavy atom. The molecule has 0 saturated heterocycles. The Morgan fingerprint density at radius 1 is 1.44 bits per heavy atom. The summed E-state index contributed by atoms with van der Waals surface area (Å²) in [5.74, 6) is -1.15. The first-order valence-corrected chi connectivity index (χ1v) is 6.59. The fraction of sp³-hybridized carbons (Fsp3) is 0.100. The lowest BCUT2D eigenvalue weighted by Gasteiger charge is -2.05. The van der Waals surface area contributed by atoms with Crippen LogP contribution >= 0.6 is 0 Å². The van der Waals surface area contributed by atoms with Crippen molar-refractivity contribution in [3.63, 3.8) is 0 Å². The van der Waals surface area contributed by atoms with Crippen LogP contribution in [0, 0.1) is 16.9 Å². The van der Waals surface area contributed by atoms with Crippen molar-refractivity contribution in [2.75, 3.05) is 6.26 Å². The fourth-order valence-electron chi connectivity index (χ4n) is 1.14. The van der Waals surface area contributed by atoms with E-state index in [2.05, 4.69) is 5.32 Å². The molecule has 1 amide bonds. The van der Waals surface area contributed by atoms with E-state index in [1.54, 1.807) is 0 Å². The van der Waals surface area contributed by atoms with E-state index in [1.807, 2.05) is 5.32 Å². The molecule has 0 aliphatic rings. The zero-order valence-corrected chi connectivity index (χ0v) is 10.2. The van der Waals surface area contributed by atoms with Crippen LogP contribution in [0.25, 0.3) is 0 Å². The van der Waals surface area contributed by atoms with Crippen molar-refractivity contribution >= 4 is 21.7 Å². The van der Waals surface area contributed by atoms with Crippen LogP contribution < -0.4 is 10.6 Å². The van der Waals surface area contributed by atoms with Crippen molar-refractivity contribution in [1.29, 1.82) is 10.7 Å². The van der Waals surface area contributed by atoms with Crippen LogP contribution in [0.2, 0.25) is 0 Å². The monoisotopic (exact) mass is 266 g/mol. The molecular formula is C10H10N4O3S. The van der Waals surface area contributed by atoms with Crippen molar-refractivity contribution in [1.82, 2.24) is 10.6 Å². The highest BCUT2D eigenvalue weighted by Crippen LogP contribution is 2.11. The van der Waals surface area contributed by atoms with Crippen molar-refractivity contribution in [3.8, 4) is 6.19 Å². The Kier molecular flexibility index (Phi) is 4.01. The van der Waals surface area contributed by atoms with E-state index in [0.29, 0.717) is 0 Å². The normalized spacial score (nSPS) is 10.2. The van der Waals surface area contributed by atoms with Crippen molar-refractivity contribution in [3.05, 3.63) is 29.8 Å². The quantitative estimate of drug-likeness (QED) is 0.297. The van der Waals surface area contributed by atoms with Gasteiger partial charge in [-0.2, -0.15) is 5.26 Å². The molecule has 0 atom stereocenters. The molecule has 94 valence electrons. The van der Waals surface area contributed by atoms with Gasteiger partial charge in [0.2, 0.25) is 5.96 Å². The molecule has 0 aromatic heterocycles. The third kappa shape index (κ3) is 3.57. The summed E-state index contributed by atoms with van der Waals surface area (Å²) < 4.78 is 22.6. The number of carbonyl (C=O) groups excluding carboxylic acids is 1. The molecule has 0 aliphatic carbocycles. The summed E-state index contributed by atoms with van der Waals surface area (Å²) in [5, 5.41) is 19.4. The standard InChI is InChI=1S/C10H10N4O3S/c1-18(16,17)8-4-2-3-7(5-8)9(15)14-10(12)13-6-11/h2-5H,1H3,(H3,12,13,14,15). The third-order valence-electron chi connectivity index (χ3n) is 1.94. The Labute approximate surface area is 104 Å². The van der Waals surface area contributed by atoms with E-state index >= 15 is 0 Å². The van der Waals surface area contributed by atoms with Crippen LogP contribution in [0.4, 0.5) is 0 Å². The highest BCUT2D eigenvalue weighted by atomic mass is 32.2. The molecule has 0 bridgehead atoms. The van der Waals surface area contributed by atoms with E-state index in [9.17, 15) is 13.2 Å². The topological polar surface area (TPSA) is 123 Å². The average Bonchev–Trinajstić information content (AvgIpc) is 2.28. The Balaban J connectivity index is 2.95. The second-order valence-electron chi connectivity index (χ2n) is 3.37. The van der Waals surface area contributed by atoms with Crippen LogP contribution in [0.1, 0.15) is 10.4 Å². The fourth-order valence-corrected chi connectivity index (χ4v) is 1.81. The number of nitriles is 1. The molecule has 0 radical (unpaired) electrons. The maximum atomic E-state index is 11.6. The van der Waals surface area contributed by atoms with E-state index in [-0.39, 0.29) is 10.5 Å². The van der Waals surface area contributed by atoms with Gasteiger partial charge in [0.05, 0.1) is 4.90 Å². The summed E-state index contributed by atoms with van der Waals surface area (Å²) in [7, 11) is -3.40. The number of amides is 1. The van der Waals surface area contributed by atoms with Gasteiger partial charge in [-0.25, -0.2) is 8.42 Å². The first-order valence-electron chi connectivity index (χ1n) is 4.69. The van der Waals surface area contributed by atoms with E-state index < -0.39 is 21.7 Å². The number of carbonyl (C=O) groups is 1. The minimum Gasteiger partial charge on any atom is -0.292 e. The van der Waals surface area contributed by atoms with Crippen LogP contribution in [0.3, 0.4) is 0 Å². The Morgan fingerprint density at radius 2 is 2.11 bits per heavy atom. The molecule has 1 aromatic rings. The first-order chi connectivity index (χ1) is 8.34.